The van der Waals surface area contributed by atoms with E-state index in [1.807, 2.05) is 6.92 Å². The lowest BCUT2D eigenvalue weighted by Crippen LogP contribution is -2.37. The Hall–Kier alpha value is -1.57. The quantitative estimate of drug-likeness (QED) is 0.533. The number of allylic oxidation sites excluding steroid dienone is 1. The van der Waals surface area contributed by atoms with E-state index in [0.717, 1.165) is 32.1 Å². The average Bonchev–Trinajstić information content (AvgIpc) is 2.88. The zero-order valence-electron chi connectivity index (χ0n) is 16.3. The highest BCUT2D eigenvalue weighted by Crippen LogP contribution is 2.51. The highest BCUT2D eigenvalue weighted by Gasteiger charge is 2.45. The SMILES string of the molecule is C=CC(C)(OCC1=C[C@@]2(CCC1)CC[C@@H](O)[C@@H]2C)[C@H](C#CC)CC(=O)O. The summed E-state index contributed by atoms with van der Waals surface area (Å²) in [5.41, 5.74) is 0.516. The minimum absolute atomic E-state index is 0.0738. The summed E-state index contributed by atoms with van der Waals surface area (Å²) in [5.74, 6) is 4.74. The van der Waals surface area contributed by atoms with Crippen molar-refractivity contribution in [3.8, 4) is 11.8 Å². The van der Waals surface area contributed by atoms with Crippen LogP contribution < -0.4 is 0 Å². The van der Waals surface area contributed by atoms with E-state index in [9.17, 15) is 15.0 Å². The van der Waals surface area contributed by atoms with Crippen LogP contribution in [0.4, 0.5) is 0 Å². The standard InChI is InChI=1S/C22H32O4/c1-5-8-18(13-20(24)25)21(4,6-2)26-15-17-9-7-11-22(14-17)12-10-19(23)16(22)3/h6,14,16,18-19,23H,2,7,9-13,15H2,1,3-4H3,(H,24,25)/t16-,18+,19+,21?,22+/m0/s1. The van der Waals surface area contributed by atoms with Gasteiger partial charge in [-0.25, -0.2) is 0 Å². The number of carboxylic acids is 1. The molecular formula is C22H32O4. The third kappa shape index (κ3) is 4.39. The Bertz CT molecular complexity index is 626. The van der Waals surface area contributed by atoms with Crippen molar-refractivity contribution >= 4 is 5.97 Å². The van der Waals surface area contributed by atoms with Crippen LogP contribution in [0.25, 0.3) is 0 Å². The predicted octanol–water partition coefficient (Wildman–Crippen LogP) is 3.95. The lowest BCUT2D eigenvalue weighted by atomic mass is 9.70. The lowest BCUT2D eigenvalue weighted by Gasteiger charge is -2.37. The highest BCUT2D eigenvalue weighted by molar-refractivity contribution is 5.68. The van der Waals surface area contributed by atoms with Crippen molar-refractivity contribution in [2.75, 3.05) is 6.61 Å². The van der Waals surface area contributed by atoms with Gasteiger partial charge in [0.2, 0.25) is 0 Å². The number of aliphatic hydroxyl groups excluding tert-OH is 1. The summed E-state index contributed by atoms with van der Waals surface area (Å²) >= 11 is 0. The molecule has 0 heterocycles. The Morgan fingerprint density at radius 3 is 2.85 bits per heavy atom. The molecule has 2 aliphatic carbocycles. The molecule has 4 nitrogen and oxygen atoms in total. The lowest BCUT2D eigenvalue weighted by molar-refractivity contribution is -0.139. The molecule has 2 N–H and O–H groups in total. The number of carboxylic acid groups (broad SMARTS) is 1. The summed E-state index contributed by atoms with van der Waals surface area (Å²) in [7, 11) is 0. The van der Waals surface area contributed by atoms with Gasteiger partial charge in [0.1, 0.15) is 0 Å². The first kappa shape index (κ1) is 20.7. The highest BCUT2D eigenvalue weighted by atomic mass is 16.5. The fourth-order valence-corrected chi connectivity index (χ4v) is 4.44. The van der Waals surface area contributed by atoms with E-state index in [0.29, 0.717) is 6.61 Å². The molecule has 0 radical (unpaired) electrons. The summed E-state index contributed by atoms with van der Waals surface area (Å²) in [6, 6.07) is 0. The number of hydrogen-bond donors (Lipinski definition) is 2. The Morgan fingerprint density at radius 1 is 1.58 bits per heavy atom. The maximum absolute atomic E-state index is 11.2. The molecule has 5 atom stereocenters. The molecule has 1 unspecified atom stereocenters. The van der Waals surface area contributed by atoms with Crippen molar-refractivity contribution < 1.29 is 19.7 Å². The van der Waals surface area contributed by atoms with E-state index in [1.54, 1.807) is 13.0 Å². The van der Waals surface area contributed by atoms with Crippen LogP contribution in [0, 0.1) is 29.1 Å². The van der Waals surface area contributed by atoms with E-state index in [2.05, 4.69) is 31.4 Å². The van der Waals surface area contributed by atoms with Gasteiger partial charge in [-0.2, -0.15) is 0 Å². The van der Waals surface area contributed by atoms with Crippen LogP contribution in [0.15, 0.2) is 24.3 Å². The van der Waals surface area contributed by atoms with Gasteiger partial charge in [-0.05, 0) is 62.9 Å². The van der Waals surface area contributed by atoms with Crippen molar-refractivity contribution in [2.24, 2.45) is 17.3 Å². The maximum atomic E-state index is 11.2. The number of carbonyl (C=O) groups is 1. The Labute approximate surface area is 157 Å². The van der Waals surface area contributed by atoms with Crippen LogP contribution in [0.1, 0.15) is 59.3 Å². The van der Waals surface area contributed by atoms with Crippen molar-refractivity contribution in [3.63, 3.8) is 0 Å². The predicted molar refractivity (Wildman–Crippen MR) is 103 cm³/mol. The molecule has 0 bridgehead atoms. The minimum Gasteiger partial charge on any atom is -0.481 e. The third-order valence-electron chi connectivity index (χ3n) is 6.38. The van der Waals surface area contributed by atoms with Crippen LogP contribution in [-0.4, -0.2) is 34.5 Å². The number of rotatable bonds is 7. The largest absolute Gasteiger partial charge is 0.481 e. The van der Waals surface area contributed by atoms with Crippen LogP contribution in [0.3, 0.4) is 0 Å². The zero-order valence-corrected chi connectivity index (χ0v) is 16.3. The summed E-state index contributed by atoms with van der Waals surface area (Å²) in [4.78, 5) is 11.2. The molecule has 0 aromatic heterocycles. The summed E-state index contributed by atoms with van der Waals surface area (Å²) in [6.45, 7) is 10.0. The number of ether oxygens (including phenoxy) is 1. The first-order valence-electron chi connectivity index (χ1n) is 9.56. The van der Waals surface area contributed by atoms with Crippen LogP contribution in [0.2, 0.25) is 0 Å². The maximum Gasteiger partial charge on any atom is 0.304 e. The monoisotopic (exact) mass is 360 g/mol. The second-order valence-corrected chi connectivity index (χ2v) is 8.01. The number of aliphatic carboxylic acids is 1. The van der Waals surface area contributed by atoms with Gasteiger partial charge in [-0.3, -0.25) is 4.79 Å². The molecule has 144 valence electrons. The van der Waals surface area contributed by atoms with Crippen molar-refractivity contribution in [3.05, 3.63) is 24.3 Å². The fourth-order valence-electron chi connectivity index (χ4n) is 4.44. The molecule has 1 fully saturated rings. The molecule has 2 aliphatic rings. The zero-order chi connectivity index (χ0) is 19.4. The van der Waals surface area contributed by atoms with E-state index in [4.69, 9.17) is 4.74 Å². The number of hydrogen-bond acceptors (Lipinski definition) is 3. The molecule has 1 saturated carbocycles. The molecule has 0 saturated heterocycles. The molecular weight excluding hydrogens is 328 g/mol. The summed E-state index contributed by atoms with van der Waals surface area (Å²) in [6.07, 6.45) is 8.82. The molecule has 2 rings (SSSR count). The van der Waals surface area contributed by atoms with Gasteiger partial charge in [0.15, 0.2) is 0 Å². The van der Waals surface area contributed by atoms with Gasteiger partial charge in [0.25, 0.3) is 0 Å². The molecule has 1 spiro atoms. The van der Waals surface area contributed by atoms with Gasteiger partial charge < -0.3 is 14.9 Å². The third-order valence-corrected chi connectivity index (χ3v) is 6.38. The van der Waals surface area contributed by atoms with E-state index in [1.165, 1.54) is 5.57 Å². The molecule has 0 aliphatic heterocycles. The molecule has 0 aromatic rings. The van der Waals surface area contributed by atoms with Crippen molar-refractivity contribution in [2.45, 2.75) is 71.0 Å². The van der Waals surface area contributed by atoms with Crippen molar-refractivity contribution in [1.29, 1.82) is 0 Å². The Kier molecular flexibility index (Phi) is 6.71. The second kappa shape index (κ2) is 8.41. The van der Waals surface area contributed by atoms with Gasteiger partial charge in [0.05, 0.1) is 30.7 Å². The van der Waals surface area contributed by atoms with E-state index in [-0.39, 0.29) is 23.9 Å². The van der Waals surface area contributed by atoms with Crippen molar-refractivity contribution in [1.82, 2.24) is 0 Å². The average molecular weight is 360 g/mol. The van der Waals surface area contributed by atoms with Gasteiger partial charge >= 0.3 is 5.97 Å². The first-order valence-corrected chi connectivity index (χ1v) is 9.56. The fraction of sp³-hybridized carbons (Fsp3) is 0.682. The Balaban J connectivity index is 2.13. The van der Waals surface area contributed by atoms with Crippen LogP contribution in [0.5, 0.6) is 0 Å². The van der Waals surface area contributed by atoms with Gasteiger partial charge in [-0.1, -0.05) is 25.0 Å². The van der Waals surface area contributed by atoms with Crippen LogP contribution in [-0.2, 0) is 9.53 Å². The van der Waals surface area contributed by atoms with Gasteiger partial charge in [-0.15, -0.1) is 12.5 Å². The van der Waals surface area contributed by atoms with Crippen LogP contribution >= 0.6 is 0 Å². The smallest absolute Gasteiger partial charge is 0.304 e. The molecule has 0 amide bonds. The summed E-state index contributed by atoms with van der Waals surface area (Å²) < 4.78 is 6.18. The molecule has 26 heavy (non-hydrogen) atoms. The number of aliphatic hydroxyl groups is 1. The summed E-state index contributed by atoms with van der Waals surface area (Å²) in [5, 5.41) is 19.4. The van der Waals surface area contributed by atoms with E-state index < -0.39 is 17.5 Å². The van der Waals surface area contributed by atoms with Gasteiger partial charge in [0, 0.05) is 0 Å². The minimum atomic E-state index is -0.890. The topological polar surface area (TPSA) is 66.8 Å². The Morgan fingerprint density at radius 2 is 2.31 bits per heavy atom. The molecule has 4 heteroatoms. The normalized spacial score (nSPS) is 31.5. The second-order valence-electron chi connectivity index (χ2n) is 8.01. The first-order chi connectivity index (χ1) is 12.3. The molecule has 0 aromatic carbocycles. The van der Waals surface area contributed by atoms with E-state index >= 15 is 0 Å².